The van der Waals surface area contributed by atoms with Crippen LogP contribution in [0.15, 0.2) is 29.3 Å². The topological polar surface area (TPSA) is 36.9 Å². The van der Waals surface area contributed by atoms with E-state index in [2.05, 4.69) is 53.3 Å². The van der Waals surface area contributed by atoms with Crippen molar-refractivity contribution in [2.45, 2.75) is 31.7 Å². The zero-order chi connectivity index (χ0) is 16.0. The first-order valence-electron chi connectivity index (χ1n) is 7.70. The van der Waals surface area contributed by atoms with Crippen molar-refractivity contribution in [1.82, 2.24) is 10.2 Å². The highest BCUT2D eigenvalue weighted by Gasteiger charge is 2.28. The fourth-order valence-electron chi connectivity index (χ4n) is 2.71. The Labute approximate surface area is 138 Å². The molecule has 0 spiro atoms. The van der Waals surface area contributed by atoms with Gasteiger partial charge in [0.05, 0.1) is 6.61 Å². The predicted molar refractivity (Wildman–Crippen MR) is 95.5 cm³/mol. The SMILES string of the molecule is CN=C(NCc1cccc(COC)c1)N1CCSC(C)(C)C1. The van der Waals surface area contributed by atoms with Crippen LogP contribution in [0.1, 0.15) is 25.0 Å². The Morgan fingerprint density at radius 2 is 2.18 bits per heavy atom. The van der Waals surface area contributed by atoms with E-state index in [0.717, 1.165) is 31.3 Å². The fraction of sp³-hybridized carbons (Fsp3) is 0.588. The number of rotatable bonds is 4. The number of methoxy groups -OCH3 is 1. The first-order valence-corrected chi connectivity index (χ1v) is 8.69. The predicted octanol–water partition coefficient (Wildman–Crippen LogP) is 2.74. The molecule has 1 aromatic rings. The summed E-state index contributed by atoms with van der Waals surface area (Å²) >= 11 is 2.04. The normalized spacial score (nSPS) is 18.4. The number of nitrogens with zero attached hydrogens (tertiary/aromatic N) is 2. The van der Waals surface area contributed by atoms with E-state index in [1.165, 1.54) is 11.1 Å². The van der Waals surface area contributed by atoms with Gasteiger partial charge in [-0.25, -0.2) is 0 Å². The number of nitrogens with one attached hydrogen (secondary N) is 1. The lowest BCUT2D eigenvalue weighted by atomic mass is 10.1. The van der Waals surface area contributed by atoms with Crippen molar-refractivity contribution in [3.8, 4) is 0 Å². The summed E-state index contributed by atoms with van der Waals surface area (Å²) in [6, 6.07) is 8.48. The highest BCUT2D eigenvalue weighted by molar-refractivity contribution is 8.00. The Morgan fingerprint density at radius 3 is 2.86 bits per heavy atom. The zero-order valence-corrected chi connectivity index (χ0v) is 14.9. The molecule has 0 unspecified atom stereocenters. The number of thioether (sulfide) groups is 1. The number of ether oxygens (including phenoxy) is 1. The van der Waals surface area contributed by atoms with Gasteiger partial charge in [0.2, 0.25) is 0 Å². The highest BCUT2D eigenvalue weighted by Crippen LogP contribution is 2.29. The maximum atomic E-state index is 5.19. The summed E-state index contributed by atoms with van der Waals surface area (Å²) < 4.78 is 5.48. The second-order valence-corrected chi connectivity index (χ2v) is 7.99. The minimum atomic E-state index is 0.286. The molecule has 1 fully saturated rings. The van der Waals surface area contributed by atoms with E-state index in [1.807, 2.05) is 18.8 Å². The molecule has 5 heteroatoms. The van der Waals surface area contributed by atoms with E-state index in [4.69, 9.17) is 4.74 Å². The van der Waals surface area contributed by atoms with Gasteiger partial charge >= 0.3 is 0 Å². The van der Waals surface area contributed by atoms with Crippen LogP contribution in [0.3, 0.4) is 0 Å². The average molecular weight is 321 g/mol. The summed E-state index contributed by atoms with van der Waals surface area (Å²) in [7, 11) is 3.58. The molecule has 0 radical (unpaired) electrons. The molecule has 0 aromatic heterocycles. The molecule has 2 rings (SSSR count). The molecule has 0 saturated carbocycles. The van der Waals surface area contributed by atoms with Gasteiger partial charge in [0.25, 0.3) is 0 Å². The Hall–Kier alpha value is -1.20. The molecular weight excluding hydrogens is 294 g/mol. The molecule has 1 heterocycles. The molecule has 1 aromatic carbocycles. The van der Waals surface area contributed by atoms with Gasteiger partial charge in [-0.1, -0.05) is 24.3 Å². The Morgan fingerprint density at radius 1 is 1.41 bits per heavy atom. The Bertz CT molecular complexity index is 516. The summed E-state index contributed by atoms with van der Waals surface area (Å²) in [5.41, 5.74) is 2.45. The van der Waals surface area contributed by atoms with Gasteiger partial charge in [-0.2, -0.15) is 11.8 Å². The molecule has 122 valence electrons. The van der Waals surface area contributed by atoms with Gasteiger partial charge in [-0.3, -0.25) is 4.99 Å². The first kappa shape index (κ1) is 17.2. The number of benzene rings is 1. The van der Waals surface area contributed by atoms with E-state index in [-0.39, 0.29) is 4.75 Å². The Balaban J connectivity index is 1.95. The first-order chi connectivity index (χ1) is 10.5. The van der Waals surface area contributed by atoms with Crippen LogP contribution in [-0.2, 0) is 17.9 Å². The quantitative estimate of drug-likeness (QED) is 0.683. The third kappa shape index (κ3) is 4.92. The second-order valence-electron chi connectivity index (χ2n) is 6.18. The maximum Gasteiger partial charge on any atom is 0.193 e. The van der Waals surface area contributed by atoms with E-state index < -0.39 is 0 Å². The minimum absolute atomic E-state index is 0.286. The molecule has 1 aliphatic rings. The summed E-state index contributed by atoms with van der Waals surface area (Å²) in [4.78, 5) is 6.81. The summed E-state index contributed by atoms with van der Waals surface area (Å²) in [6.07, 6.45) is 0. The van der Waals surface area contributed by atoms with E-state index in [9.17, 15) is 0 Å². The lowest BCUT2D eigenvalue weighted by molar-refractivity contribution is 0.185. The van der Waals surface area contributed by atoms with E-state index >= 15 is 0 Å². The molecule has 1 N–H and O–H groups in total. The van der Waals surface area contributed by atoms with Crippen molar-refractivity contribution >= 4 is 17.7 Å². The van der Waals surface area contributed by atoms with Crippen molar-refractivity contribution in [3.05, 3.63) is 35.4 Å². The van der Waals surface area contributed by atoms with Crippen LogP contribution in [-0.4, -0.2) is 48.6 Å². The van der Waals surface area contributed by atoms with Crippen molar-refractivity contribution in [1.29, 1.82) is 0 Å². The number of hydrogen-bond acceptors (Lipinski definition) is 3. The standard InChI is InChI=1S/C17H27N3OS/c1-17(2)13-20(8-9-22-17)16(18-3)19-11-14-6-5-7-15(10-14)12-21-4/h5-7,10H,8-9,11-13H2,1-4H3,(H,18,19). The third-order valence-corrected chi connectivity index (χ3v) is 4.99. The van der Waals surface area contributed by atoms with Crippen molar-refractivity contribution in [2.75, 3.05) is 33.0 Å². The molecule has 0 amide bonds. The van der Waals surface area contributed by atoms with Gasteiger partial charge in [0.1, 0.15) is 0 Å². The third-order valence-electron chi connectivity index (χ3n) is 3.69. The number of guanidine groups is 1. The summed E-state index contributed by atoms with van der Waals surface area (Å²) in [6.45, 7) is 8.11. The lowest BCUT2D eigenvalue weighted by Gasteiger charge is -2.39. The monoisotopic (exact) mass is 321 g/mol. The van der Waals surface area contributed by atoms with Gasteiger partial charge < -0.3 is 15.0 Å². The molecule has 0 aliphatic carbocycles. The fourth-order valence-corrected chi connectivity index (χ4v) is 3.82. The minimum Gasteiger partial charge on any atom is -0.380 e. The van der Waals surface area contributed by atoms with Crippen LogP contribution in [0, 0.1) is 0 Å². The van der Waals surface area contributed by atoms with E-state index in [1.54, 1.807) is 7.11 Å². The largest absolute Gasteiger partial charge is 0.380 e. The second kappa shape index (κ2) is 7.88. The zero-order valence-electron chi connectivity index (χ0n) is 14.1. The van der Waals surface area contributed by atoms with Gasteiger partial charge in [-0.05, 0) is 25.0 Å². The van der Waals surface area contributed by atoms with Gasteiger partial charge in [-0.15, -0.1) is 0 Å². The summed E-state index contributed by atoms with van der Waals surface area (Å²) in [5.74, 6) is 2.14. The molecule has 4 nitrogen and oxygen atoms in total. The molecule has 0 atom stereocenters. The number of hydrogen-bond donors (Lipinski definition) is 1. The highest BCUT2D eigenvalue weighted by atomic mass is 32.2. The van der Waals surface area contributed by atoms with Crippen molar-refractivity contribution in [3.63, 3.8) is 0 Å². The molecular formula is C17H27N3OS. The molecule has 1 aliphatic heterocycles. The summed E-state index contributed by atoms with van der Waals surface area (Å²) in [5, 5.41) is 3.49. The maximum absolute atomic E-state index is 5.19. The Kier molecular flexibility index (Phi) is 6.15. The van der Waals surface area contributed by atoms with Crippen LogP contribution in [0.2, 0.25) is 0 Å². The van der Waals surface area contributed by atoms with Crippen LogP contribution < -0.4 is 5.32 Å². The van der Waals surface area contributed by atoms with Gasteiger partial charge in [0.15, 0.2) is 5.96 Å². The molecule has 0 bridgehead atoms. The van der Waals surface area contributed by atoms with Crippen LogP contribution in [0.4, 0.5) is 0 Å². The van der Waals surface area contributed by atoms with Crippen LogP contribution in [0.25, 0.3) is 0 Å². The molecule has 1 saturated heterocycles. The van der Waals surface area contributed by atoms with Gasteiger partial charge in [0, 0.05) is 44.3 Å². The van der Waals surface area contributed by atoms with Crippen LogP contribution in [0.5, 0.6) is 0 Å². The van der Waals surface area contributed by atoms with Crippen molar-refractivity contribution in [2.24, 2.45) is 4.99 Å². The molecule has 22 heavy (non-hydrogen) atoms. The lowest BCUT2D eigenvalue weighted by Crippen LogP contribution is -2.50. The van der Waals surface area contributed by atoms with Crippen molar-refractivity contribution < 1.29 is 4.74 Å². The average Bonchev–Trinajstić information content (AvgIpc) is 2.48. The van der Waals surface area contributed by atoms with Crippen LogP contribution >= 0.6 is 11.8 Å². The smallest absolute Gasteiger partial charge is 0.193 e. The number of aliphatic imine (C=N–C) groups is 1. The van der Waals surface area contributed by atoms with E-state index in [0.29, 0.717) is 6.61 Å².